The summed E-state index contributed by atoms with van der Waals surface area (Å²) in [7, 11) is -3.77. The maximum Gasteiger partial charge on any atom is 0.241 e. The molecule has 0 amide bonds. The maximum atomic E-state index is 13.5. The molecule has 0 aromatic heterocycles. The molecule has 1 saturated carbocycles. The van der Waals surface area contributed by atoms with Crippen LogP contribution >= 0.6 is 0 Å². The monoisotopic (exact) mass is 517 g/mol. The van der Waals surface area contributed by atoms with E-state index in [1.54, 1.807) is 50.2 Å². The Balaban J connectivity index is 1.59. The van der Waals surface area contributed by atoms with Crippen LogP contribution in [0.2, 0.25) is 0 Å². The van der Waals surface area contributed by atoms with E-state index in [-0.39, 0.29) is 39.3 Å². The number of sulfonamides is 1. The molecule has 3 aromatic carbocycles. The van der Waals surface area contributed by atoms with Crippen molar-refractivity contribution < 1.29 is 18.0 Å². The molecule has 0 bridgehead atoms. The molecule has 3 aromatic rings. The number of benzene rings is 3. The summed E-state index contributed by atoms with van der Waals surface area (Å²) in [6.45, 7) is 5.45. The highest BCUT2D eigenvalue weighted by atomic mass is 32.2. The molecule has 5 rings (SSSR count). The van der Waals surface area contributed by atoms with Crippen LogP contribution in [0.5, 0.6) is 0 Å². The number of carbonyl (C=O) groups is 2. The van der Waals surface area contributed by atoms with Crippen molar-refractivity contribution in [3.05, 3.63) is 81.4 Å². The first-order chi connectivity index (χ1) is 17.6. The van der Waals surface area contributed by atoms with E-state index >= 15 is 0 Å². The predicted octanol–water partition coefficient (Wildman–Crippen LogP) is 5.32. The van der Waals surface area contributed by atoms with Crippen molar-refractivity contribution in [2.75, 3.05) is 11.1 Å². The van der Waals surface area contributed by atoms with Gasteiger partial charge in [-0.3, -0.25) is 9.59 Å². The van der Waals surface area contributed by atoms with Crippen molar-refractivity contribution in [3.8, 4) is 0 Å². The summed E-state index contributed by atoms with van der Waals surface area (Å²) in [4.78, 5) is 27.1. The number of hydrogen-bond acceptors (Lipinski definition) is 6. The van der Waals surface area contributed by atoms with Crippen LogP contribution in [0.4, 0.5) is 17.1 Å². The van der Waals surface area contributed by atoms with Crippen molar-refractivity contribution in [2.24, 2.45) is 0 Å². The first kappa shape index (κ1) is 25.2. The first-order valence-corrected chi connectivity index (χ1v) is 14.1. The standard InChI is InChI=1S/C29H31N3O4S/c1-16-15-17(2)29(37(35,36)32-19-9-5-4-6-10-19)18(3)26(16)31-23-14-13-22(30)24-25(23)28(34)21-12-8-7-11-20(21)27(24)33/h7-8,11-15,19,31-32H,4-6,9-10,30H2,1-3H3. The molecule has 2 aliphatic carbocycles. The van der Waals surface area contributed by atoms with Crippen molar-refractivity contribution in [1.82, 2.24) is 4.72 Å². The smallest absolute Gasteiger partial charge is 0.241 e. The molecular formula is C29H31N3O4S. The van der Waals surface area contributed by atoms with Gasteiger partial charge in [0, 0.05) is 28.5 Å². The summed E-state index contributed by atoms with van der Waals surface area (Å²) in [5.41, 5.74) is 10.5. The zero-order chi connectivity index (χ0) is 26.5. The van der Waals surface area contributed by atoms with E-state index in [1.807, 2.05) is 13.0 Å². The summed E-state index contributed by atoms with van der Waals surface area (Å²) in [5.74, 6) is -0.599. The van der Waals surface area contributed by atoms with Gasteiger partial charge in [-0.1, -0.05) is 49.6 Å². The molecule has 2 aliphatic rings. The van der Waals surface area contributed by atoms with E-state index in [2.05, 4.69) is 10.0 Å². The van der Waals surface area contributed by atoms with Crippen LogP contribution in [0.25, 0.3) is 0 Å². The molecule has 7 nitrogen and oxygen atoms in total. The molecule has 1 fully saturated rings. The van der Waals surface area contributed by atoms with E-state index in [0.717, 1.165) is 37.7 Å². The Morgan fingerprint density at radius 3 is 2.11 bits per heavy atom. The number of nitrogens with two attached hydrogens (primary N) is 1. The van der Waals surface area contributed by atoms with E-state index in [1.165, 1.54) is 0 Å². The molecule has 0 saturated heterocycles. The minimum absolute atomic E-state index is 0.0666. The normalized spacial score (nSPS) is 15.9. The maximum absolute atomic E-state index is 13.5. The SMILES string of the molecule is Cc1cc(C)c(S(=O)(=O)NC2CCCCC2)c(C)c1Nc1ccc(N)c2c1C(=O)c1ccccc1C2=O. The molecule has 0 unspecified atom stereocenters. The number of anilines is 3. The number of aryl methyl sites for hydroxylation is 2. The molecule has 0 aliphatic heterocycles. The molecule has 0 radical (unpaired) electrons. The second kappa shape index (κ2) is 9.43. The number of carbonyl (C=O) groups excluding carboxylic acids is 2. The van der Waals surface area contributed by atoms with Crippen LogP contribution in [0.15, 0.2) is 47.4 Å². The van der Waals surface area contributed by atoms with Crippen molar-refractivity contribution in [1.29, 1.82) is 0 Å². The van der Waals surface area contributed by atoms with E-state index in [4.69, 9.17) is 5.73 Å². The first-order valence-electron chi connectivity index (χ1n) is 12.6. The quantitative estimate of drug-likeness (QED) is 0.308. The third-order valence-corrected chi connectivity index (χ3v) is 9.27. The second-order valence-corrected chi connectivity index (χ2v) is 11.7. The van der Waals surface area contributed by atoms with Crippen molar-refractivity contribution in [2.45, 2.75) is 63.8 Å². The number of nitrogen functional groups attached to an aromatic ring is 1. The van der Waals surface area contributed by atoms with E-state index in [9.17, 15) is 18.0 Å². The number of rotatable bonds is 5. The second-order valence-electron chi connectivity index (χ2n) is 10.1. The molecule has 8 heteroatoms. The average molecular weight is 518 g/mol. The topological polar surface area (TPSA) is 118 Å². The fourth-order valence-corrected chi connectivity index (χ4v) is 7.54. The lowest BCUT2D eigenvalue weighted by molar-refractivity contribution is 0.0980. The van der Waals surface area contributed by atoms with Gasteiger partial charge in [-0.2, -0.15) is 0 Å². The highest BCUT2D eigenvalue weighted by molar-refractivity contribution is 7.89. The van der Waals surface area contributed by atoms with Gasteiger partial charge in [-0.25, -0.2) is 13.1 Å². The highest BCUT2D eigenvalue weighted by Gasteiger charge is 2.34. The largest absolute Gasteiger partial charge is 0.398 e. The lowest BCUT2D eigenvalue weighted by Crippen LogP contribution is -2.36. The lowest BCUT2D eigenvalue weighted by atomic mass is 9.82. The Labute approximate surface area is 217 Å². The minimum atomic E-state index is -3.77. The van der Waals surface area contributed by atoms with Gasteiger partial charge in [-0.05, 0) is 62.4 Å². The van der Waals surface area contributed by atoms with Crippen LogP contribution < -0.4 is 15.8 Å². The zero-order valence-corrected chi connectivity index (χ0v) is 22.1. The van der Waals surface area contributed by atoms with Gasteiger partial charge in [0.2, 0.25) is 10.0 Å². The molecule has 192 valence electrons. The summed E-state index contributed by atoms with van der Waals surface area (Å²) >= 11 is 0. The number of fused-ring (bicyclic) bond motifs is 2. The molecule has 37 heavy (non-hydrogen) atoms. The lowest BCUT2D eigenvalue weighted by Gasteiger charge is -2.26. The van der Waals surface area contributed by atoms with Crippen molar-refractivity contribution >= 4 is 38.7 Å². The molecule has 0 heterocycles. The summed E-state index contributed by atoms with van der Waals surface area (Å²) in [6, 6.07) is 11.7. The molecule has 0 spiro atoms. The van der Waals surface area contributed by atoms with Gasteiger partial charge >= 0.3 is 0 Å². The molecular weight excluding hydrogens is 486 g/mol. The van der Waals surface area contributed by atoms with Crippen LogP contribution in [0, 0.1) is 20.8 Å². The summed E-state index contributed by atoms with van der Waals surface area (Å²) < 4.78 is 29.9. The third kappa shape index (κ3) is 4.34. The van der Waals surface area contributed by atoms with E-state index in [0.29, 0.717) is 33.6 Å². The Morgan fingerprint density at radius 2 is 1.46 bits per heavy atom. The Morgan fingerprint density at radius 1 is 0.838 bits per heavy atom. The van der Waals surface area contributed by atoms with Gasteiger partial charge in [0.15, 0.2) is 11.6 Å². The van der Waals surface area contributed by atoms with Gasteiger partial charge in [-0.15, -0.1) is 0 Å². The summed E-state index contributed by atoms with van der Waals surface area (Å²) in [5, 5.41) is 3.30. The van der Waals surface area contributed by atoms with Crippen LogP contribution in [-0.4, -0.2) is 26.0 Å². The van der Waals surface area contributed by atoms with Gasteiger partial charge in [0.25, 0.3) is 0 Å². The van der Waals surface area contributed by atoms with Crippen LogP contribution in [0.1, 0.15) is 80.6 Å². The van der Waals surface area contributed by atoms with Crippen LogP contribution in [0.3, 0.4) is 0 Å². The number of ketones is 2. The van der Waals surface area contributed by atoms with Crippen LogP contribution in [-0.2, 0) is 10.0 Å². The van der Waals surface area contributed by atoms with Gasteiger partial charge < -0.3 is 11.1 Å². The molecule has 4 N–H and O–H groups in total. The third-order valence-electron chi connectivity index (χ3n) is 7.46. The van der Waals surface area contributed by atoms with Gasteiger partial charge in [0.1, 0.15) is 0 Å². The fourth-order valence-electron chi connectivity index (χ4n) is 5.76. The predicted molar refractivity (Wildman–Crippen MR) is 145 cm³/mol. The van der Waals surface area contributed by atoms with E-state index < -0.39 is 10.0 Å². The Bertz CT molecular complexity index is 1550. The Hall–Kier alpha value is -3.49. The fraction of sp³-hybridized carbons (Fsp3) is 0.310. The number of nitrogens with one attached hydrogen (secondary N) is 2. The zero-order valence-electron chi connectivity index (χ0n) is 21.3. The highest BCUT2D eigenvalue weighted by Crippen LogP contribution is 2.39. The summed E-state index contributed by atoms with van der Waals surface area (Å²) in [6.07, 6.45) is 4.84. The minimum Gasteiger partial charge on any atom is -0.398 e. The van der Waals surface area contributed by atoms with Crippen molar-refractivity contribution in [3.63, 3.8) is 0 Å². The van der Waals surface area contributed by atoms with Gasteiger partial charge in [0.05, 0.1) is 21.7 Å². The number of hydrogen-bond donors (Lipinski definition) is 3. The Kier molecular flexibility index (Phi) is 6.41. The average Bonchev–Trinajstić information content (AvgIpc) is 2.85. The molecule has 0 atom stereocenters.